The van der Waals surface area contributed by atoms with Gasteiger partial charge in [-0.05, 0) is 37.1 Å². The highest BCUT2D eigenvalue weighted by molar-refractivity contribution is 7.89. The minimum Gasteiger partial charge on any atom is -0.355 e. The smallest absolute Gasteiger partial charge is 0.355 e. The molecule has 0 spiro atoms. The molecule has 0 aromatic heterocycles. The molecule has 0 unspecified atom stereocenters. The zero-order chi connectivity index (χ0) is 20.8. The molecule has 1 saturated carbocycles. The van der Waals surface area contributed by atoms with E-state index >= 15 is 0 Å². The maximum Gasteiger partial charge on any atom is 0.405 e. The van der Waals surface area contributed by atoms with Crippen LogP contribution in [-0.2, 0) is 14.8 Å². The Morgan fingerprint density at radius 3 is 2.18 bits per heavy atom. The molecule has 0 radical (unpaired) electrons. The fourth-order valence-corrected chi connectivity index (χ4v) is 3.89. The van der Waals surface area contributed by atoms with Crippen molar-refractivity contribution in [2.45, 2.75) is 36.8 Å². The first-order valence-corrected chi connectivity index (χ1v) is 10.3. The Labute approximate surface area is 161 Å². The number of halogens is 3. The van der Waals surface area contributed by atoms with Gasteiger partial charge in [-0.2, -0.15) is 13.2 Å². The van der Waals surface area contributed by atoms with Gasteiger partial charge < -0.3 is 10.6 Å². The summed E-state index contributed by atoms with van der Waals surface area (Å²) >= 11 is 0. The number of carbonyl (C=O) groups is 2. The van der Waals surface area contributed by atoms with Gasteiger partial charge in [0, 0.05) is 24.6 Å². The summed E-state index contributed by atoms with van der Waals surface area (Å²) in [6.07, 6.45) is -0.791. The lowest BCUT2D eigenvalue weighted by atomic mass is 10.1. The summed E-state index contributed by atoms with van der Waals surface area (Å²) in [4.78, 5) is 23.3. The zero-order valence-electron chi connectivity index (χ0n) is 15.0. The third-order valence-corrected chi connectivity index (χ3v) is 5.80. The van der Waals surface area contributed by atoms with E-state index in [1.54, 1.807) is 5.32 Å². The van der Waals surface area contributed by atoms with E-state index in [1.165, 1.54) is 0 Å². The molecule has 1 aromatic carbocycles. The molecule has 0 heterocycles. The van der Waals surface area contributed by atoms with Crippen LogP contribution in [0.1, 0.15) is 36.0 Å². The number of amides is 2. The van der Waals surface area contributed by atoms with Crippen LogP contribution < -0.4 is 15.4 Å². The van der Waals surface area contributed by atoms with Gasteiger partial charge in [0.25, 0.3) is 5.91 Å². The molecule has 1 aromatic rings. The lowest BCUT2D eigenvalue weighted by Gasteiger charge is -2.11. The summed E-state index contributed by atoms with van der Waals surface area (Å²) in [5.41, 5.74) is -0.0907. The SMILES string of the molecule is O=C(NCC(F)(F)F)c1ccc(S(=O)(=O)NCCNC(=O)C2CCCC2)cc1. The summed E-state index contributed by atoms with van der Waals surface area (Å²) in [7, 11) is -3.87. The first-order valence-electron chi connectivity index (χ1n) is 8.81. The molecule has 1 aliphatic rings. The number of nitrogens with one attached hydrogen (secondary N) is 3. The second-order valence-electron chi connectivity index (χ2n) is 6.49. The van der Waals surface area contributed by atoms with Gasteiger partial charge in [-0.1, -0.05) is 12.8 Å². The molecule has 1 fully saturated rings. The maximum absolute atomic E-state index is 12.2. The van der Waals surface area contributed by atoms with Crippen molar-refractivity contribution in [3.05, 3.63) is 29.8 Å². The molecule has 0 saturated heterocycles. The number of alkyl halides is 3. The summed E-state index contributed by atoms with van der Waals surface area (Å²) in [6.45, 7) is -1.33. The molecule has 11 heteroatoms. The van der Waals surface area contributed by atoms with Gasteiger partial charge in [0.2, 0.25) is 15.9 Å². The van der Waals surface area contributed by atoms with Crippen molar-refractivity contribution in [1.29, 1.82) is 0 Å². The number of hydrogen-bond acceptors (Lipinski definition) is 4. The maximum atomic E-state index is 12.2. The van der Waals surface area contributed by atoms with Crippen LogP contribution in [0.3, 0.4) is 0 Å². The van der Waals surface area contributed by atoms with Gasteiger partial charge >= 0.3 is 6.18 Å². The highest BCUT2D eigenvalue weighted by atomic mass is 32.2. The molecule has 0 atom stereocenters. The van der Waals surface area contributed by atoms with Crippen molar-refractivity contribution in [2.24, 2.45) is 5.92 Å². The van der Waals surface area contributed by atoms with Crippen LogP contribution in [0.15, 0.2) is 29.2 Å². The van der Waals surface area contributed by atoms with E-state index in [4.69, 9.17) is 0 Å². The predicted molar refractivity (Wildman–Crippen MR) is 95.0 cm³/mol. The molecule has 2 rings (SSSR count). The number of sulfonamides is 1. The molecule has 3 N–H and O–H groups in total. The van der Waals surface area contributed by atoms with Crippen LogP contribution in [0.5, 0.6) is 0 Å². The first kappa shape index (κ1) is 22.2. The molecular weight excluding hydrogens is 399 g/mol. The second kappa shape index (κ2) is 9.37. The molecule has 28 heavy (non-hydrogen) atoms. The minimum absolute atomic E-state index is 0.00534. The van der Waals surface area contributed by atoms with Crippen LogP contribution in [0.4, 0.5) is 13.2 Å². The molecular formula is C17H22F3N3O4S. The summed E-state index contributed by atoms with van der Waals surface area (Å²) < 4.78 is 63.0. The van der Waals surface area contributed by atoms with E-state index < -0.39 is 28.7 Å². The highest BCUT2D eigenvalue weighted by Crippen LogP contribution is 2.24. The predicted octanol–water partition coefficient (Wildman–Crippen LogP) is 1.56. The van der Waals surface area contributed by atoms with Gasteiger partial charge in [-0.3, -0.25) is 9.59 Å². The van der Waals surface area contributed by atoms with Crippen LogP contribution in [0.2, 0.25) is 0 Å². The Morgan fingerprint density at radius 2 is 1.61 bits per heavy atom. The third kappa shape index (κ3) is 6.79. The van der Waals surface area contributed by atoms with Crippen LogP contribution in [-0.4, -0.2) is 46.0 Å². The van der Waals surface area contributed by atoms with Crippen molar-refractivity contribution < 1.29 is 31.2 Å². The van der Waals surface area contributed by atoms with Gasteiger partial charge in [-0.15, -0.1) is 0 Å². The number of rotatable bonds is 8. The molecule has 2 amide bonds. The summed E-state index contributed by atoms with van der Waals surface area (Å²) in [5, 5.41) is 4.39. The Balaban J connectivity index is 1.82. The van der Waals surface area contributed by atoms with Gasteiger partial charge in [0.15, 0.2) is 0 Å². The Hall–Kier alpha value is -2.14. The lowest BCUT2D eigenvalue weighted by molar-refractivity contribution is -0.125. The van der Waals surface area contributed by atoms with Crippen molar-refractivity contribution in [3.63, 3.8) is 0 Å². The van der Waals surface area contributed by atoms with Gasteiger partial charge in [0.05, 0.1) is 4.90 Å². The first-order chi connectivity index (χ1) is 13.1. The van der Waals surface area contributed by atoms with Crippen LogP contribution in [0, 0.1) is 5.92 Å². The molecule has 0 aliphatic heterocycles. The second-order valence-corrected chi connectivity index (χ2v) is 8.26. The number of benzene rings is 1. The van der Waals surface area contributed by atoms with Crippen molar-refractivity contribution in [2.75, 3.05) is 19.6 Å². The van der Waals surface area contributed by atoms with E-state index in [2.05, 4.69) is 10.0 Å². The molecule has 0 bridgehead atoms. The molecule has 1 aliphatic carbocycles. The summed E-state index contributed by atoms with van der Waals surface area (Å²) in [6, 6.07) is 4.51. The van der Waals surface area contributed by atoms with E-state index in [-0.39, 0.29) is 35.4 Å². The van der Waals surface area contributed by atoms with E-state index in [0.717, 1.165) is 49.9 Å². The average Bonchev–Trinajstić information content (AvgIpc) is 3.17. The van der Waals surface area contributed by atoms with Crippen molar-refractivity contribution in [1.82, 2.24) is 15.4 Å². The largest absolute Gasteiger partial charge is 0.405 e. The van der Waals surface area contributed by atoms with Crippen molar-refractivity contribution in [3.8, 4) is 0 Å². The third-order valence-electron chi connectivity index (χ3n) is 4.32. The lowest BCUT2D eigenvalue weighted by Crippen LogP contribution is -2.37. The number of carbonyl (C=O) groups excluding carboxylic acids is 2. The fourth-order valence-electron chi connectivity index (χ4n) is 2.85. The number of hydrogen-bond donors (Lipinski definition) is 3. The molecule has 156 valence electrons. The Kier molecular flexibility index (Phi) is 7.41. The van der Waals surface area contributed by atoms with Gasteiger partial charge in [-0.25, -0.2) is 13.1 Å². The van der Waals surface area contributed by atoms with Gasteiger partial charge in [0.1, 0.15) is 6.54 Å². The Bertz CT molecular complexity index is 789. The minimum atomic E-state index is -4.53. The van der Waals surface area contributed by atoms with E-state index in [1.807, 2.05) is 0 Å². The summed E-state index contributed by atoms with van der Waals surface area (Å²) in [5.74, 6) is -1.04. The van der Waals surface area contributed by atoms with E-state index in [9.17, 15) is 31.2 Å². The quantitative estimate of drug-likeness (QED) is 0.554. The van der Waals surface area contributed by atoms with Crippen LogP contribution in [0.25, 0.3) is 0 Å². The standard InChI is InChI=1S/C17H22F3N3O4S/c18-17(19,20)11-22-16(25)13-5-7-14(8-6-13)28(26,27)23-10-9-21-15(24)12-3-1-2-4-12/h5-8,12,23H,1-4,9-11H2,(H,21,24)(H,22,25). The fraction of sp³-hybridized carbons (Fsp3) is 0.529. The van der Waals surface area contributed by atoms with E-state index in [0.29, 0.717) is 0 Å². The van der Waals surface area contributed by atoms with Crippen molar-refractivity contribution >= 4 is 21.8 Å². The zero-order valence-corrected chi connectivity index (χ0v) is 15.8. The topological polar surface area (TPSA) is 104 Å². The average molecular weight is 421 g/mol. The monoisotopic (exact) mass is 421 g/mol. The normalized spacial score (nSPS) is 15.4. The Morgan fingerprint density at radius 1 is 1.00 bits per heavy atom. The molecule has 7 nitrogen and oxygen atoms in total. The van der Waals surface area contributed by atoms with Crippen LogP contribution >= 0.6 is 0 Å². The highest BCUT2D eigenvalue weighted by Gasteiger charge is 2.28.